The van der Waals surface area contributed by atoms with Gasteiger partial charge in [-0.25, -0.2) is 0 Å². The largest absolute Gasteiger partial charge is 0.122 e. The third kappa shape index (κ3) is 1.93. The number of rotatable bonds is 3. The van der Waals surface area contributed by atoms with Gasteiger partial charge in [-0.15, -0.1) is 11.6 Å². The Morgan fingerprint density at radius 2 is 1.85 bits per heavy atom. The average Bonchev–Trinajstić information content (AvgIpc) is 2.17. The maximum Gasteiger partial charge on any atom is 0.0480 e. The minimum atomic E-state index is 0.532. The molecule has 0 aliphatic heterocycles. The zero-order valence-electron chi connectivity index (χ0n) is 7.81. The maximum atomic E-state index is 5.82. The van der Waals surface area contributed by atoms with E-state index < -0.39 is 0 Å². The van der Waals surface area contributed by atoms with E-state index in [1.165, 1.54) is 10.8 Å². The minimum Gasteiger partial charge on any atom is -0.122 e. The molecule has 1 aromatic rings. The molecule has 2 heteroatoms. The van der Waals surface area contributed by atoms with Gasteiger partial charge in [-0.3, -0.25) is 0 Å². The van der Waals surface area contributed by atoms with Gasteiger partial charge in [0.25, 0.3) is 0 Å². The summed E-state index contributed by atoms with van der Waals surface area (Å²) in [6, 6.07) is 4.19. The summed E-state index contributed by atoms with van der Waals surface area (Å²) in [6.07, 6.45) is 3.74. The highest BCUT2D eigenvalue weighted by Gasteiger charge is 2.04. The monoisotopic (exact) mass is 208 g/mol. The lowest BCUT2D eigenvalue weighted by atomic mass is 10.0. The van der Waals surface area contributed by atoms with Crippen LogP contribution >= 0.6 is 11.6 Å². The smallest absolute Gasteiger partial charge is 0.0480 e. The van der Waals surface area contributed by atoms with E-state index in [4.69, 9.17) is 11.6 Å². The van der Waals surface area contributed by atoms with Crippen LogP contribution in [0.3, 0.4) is 0 Å². The predicted octanol–water partition coefficient (Wildman–Crippen LogP) is 1.70. The highest BCUT2D eigenvalue weighted by molar-refractivity contribution is 6.34. The van der Waals surface area contributed by atoms with E-state index >= 15 is 0 Å². The van der Waals surface area contributed by atoms with Crippen molar-refractivity contribution in [3.63, 3.8) is 0 Å². The lowest BCUT2D eigenvalue weighted by Gasteiger charge is -2.09. The molecule has 0 heterocycles. The van der Waals surface area contributed by atoms with Crippen LogP contribution in [0.1, 0.15) is 16.7 Å². The first-order valence-electron chi connectivity index (χ1n) is 4.18. The van der Waals surface area contributed by atoms with Crippen molar-refractivity contribution in [2.24, 2.45) is 0 Å². The quantitative estimate of drug-likeness (QED) is 0.524. The number of benzene rings is 1. The second-order valence-electron chi connectivity index (χ2n) is 2.91. The lowest BCUT2D eigenvalue weighted by Crippen LogP contribution is -2.09. The molecule has 0 saturated carbocycles. The number of halogens is 1. The fourth-order valence-electron chi connectivity index (χ4n) is 1.42. The molecule has 0 spiro atoms. The molecule has 0 aliphatic rings. The second kappa shape index (κ2) is 4.45. The SMILES string of the molecule is C=Cc1c([SiH3])ccc(CCl)c1C=C. The Kier molecular flexibility index (Phi) is 3.52. The zero-order chi connectivity index (χ0) is 9.84. The van der Waals surface area contributed by atoms with Gasteiger partial charge in [-0.05, 0) is 16.7 Å². The van der Waals surface area contributed by atoms with E-state index in [0.29, 0.717) is 5.88 Å². The molecule has 1 rings (SSSR count). The van der Waals surface area contributed by atoms with Crippen LogP contribution in [0.15, 0.2) is 25.3 Å². The third-order valence-corrected chi connectivity index (χ3v) is 3.31. The first kappa shape index (κ1) is 10.3. The average molecular weight is 209 g/mol. The molecule has 0 amide bonds. The highest BCUT2D eigenvalue weighted by atomic mass is 35.5. The van der Waals surface area contributed by atoms with Gasteiger partial charge in [0.2, 0.25) is 0 Å². The van der Waals surface area contributed by atoms with Crippen LogP contribution in [0.4, 0.5) is 0 Å². The molecule has 0 aliphatic carbocycles. The summed E-state index contributed by atoms with van der Waals surface area (Å²) in [7, 11) is 1.03. The first-order chi connectivity index (χ1) is 6.24. The molecule has 0 unspecified atom stereocenters. The summed E-state index contributed by atoms with van der Waals surface area (Å²) in [6.45, 7) is 7.61. The van der Waals surface area contributed by atoms with Gasteiger partial charge in [0.15, 0.2) is 0 Å². The molecular weight excluding hydrogens is 196 g/mol. The zero-order valence-corrected chi connectivity index (χ0v) is 10.6. The summed E-state index contributed by atoms with van der Waals surface area (Å²) < 4.78 is 0. The molecule has 0 aromatic heterocycles. The van der Waals surface area contributed by atoms with E-state index in [2.05, 4.69) is 25.3 Å². The molecule has 13 heavy (non-hydrogen) atoms. The molecule has 0 atom stereocenters. The normalized spacial score (nSPS) is 9.92. The van der Waals surface area contributed by atoms with Crippen molar-refractivity contribution in [2.45, 2.75) is 5.88 Å². The fourth-order valence-corrected chi connectivity index (χ4v) is 2.29. The summed E-state index contributed by atoms with van der Waals surface area (Å²) in [4.78, 5) is 0. The van der Waals surface area contributed by atoms with Crippen LogP contribution in [0, 0.1) is 0 Å². The number of hydrogen-bond acceptors (Lipinski definition) is 0. The molecule has 68 valence electrons. The van der Waals surface area contributed by atoms with Crippen molar-refractivity contribution in [3.05, 3.63) is 42.0 Å². The van der Waals surface area contributed by atoms with Crippen LogP contribution in [-0.2, 0) is 5.88 Å². The lowest BCUT2D eigenvalue weighted by molar-refractivity contribution is 1.38. The molecule has 0 bridgehead atoms. The Balaban J connectivity index is 3.44. The van der Waals surface area contributed by atoms with Gasteiger partial charge in [0.1, 0.15) is 0 Å². The van der Waals surface area contributed by atoms with Gasteiger partial charge in [0.05, 0.1) is 0 Å². The van der Waals surface area contributed by atoms with E-state index in [1.54, 1.807) is 0 Å². The van der Waals surface area contributed by atoms with E-state index in [1.807, 2.05) is 12.2 Å². The Morgan fingerprint density at radius 3 is 2.31 bits per heavy atom. The molecule has 0 N–H and O–H groups in total. The van der Waals surface area contributed by atoms with Crippen LogP contribution in [-0.4, -0.2) is 10.2 Å². The Hall–Kier alpha value is -0.793. The van der Waals surface area contributed by atoms with Crippen molar-refractivity contribution in [1.82, 2.24) is 0 Å². The van der Waals surface area contributed by atoms with Crippen molar-refractivity contribution >= 4 is 39.2 Å². The maximum absolute atomic E-state index is 5.82. The first-order valence-corrected chi connectivity index (χ1v) is 5.71. The molecular formula is C11H13ClSi. The Morgan fingerprint density at radius 1 is 1.23 bits per heavy atom. The molecule has 0 saturated heterocycles. The van der Waals surface area contributed by atoms with Crippen LogP contribution in [0.5, 0.6) is 0 Å². The van der Waals surface area contributed by atoms with Gasteiger partial charge < -0.3 is 0 Å². The number of hydrogen-bond donors (Lipinski definition) is 0. The second-order valence-corrected chi connectivity index (χ2v) is 4.26. The van der Waals surface area contributed by atoms with Crippen LogP contribution in [0.25, 0.3) is 12.2 Å². The molecule has 0 radical (unpaired) electrons. The topological polar surface area (TPSA) is 0 Å². The van der Waals surface area contributed by atoms with Gasteiger partial charge in [-0.2, -0.15) is 0 Å². The Labute approximate surface area is 87.4 Å². The van der Waals surface area contributed by atoms with Crippen molar-refractivity contribution in [3.8, 4) is 0 Å². The highest BCUT2D eigenvalue weighted by Crippen LogP contribution is 2.17. The summed E-state index contributed by atoms with van der Waals surface area (Å²) in [5.41, 5.74) is 3.46. The van der Waals surface area contributed by atoms with Gasteiger partial charge in [-0.1, -0.05) is 42.6 Å². The fraction of sp³-hybridized carbons (Fsp3) is 0.0909. The van der Waals surface area contributed by atoms with E-state index in [9.17, 15) is 0 Å². The van der Waals surface area contributed by atoms with Gasteiger partial charge >= 0.3 is 0 Å². The Bertz CT molecular complexity index is 342. The standard InChI is InChI=1S/C11H13ClSi/c1-3-9-8(7-12)5-6-11(13)10(9)4-2/h3-6H,1-2,7H2,13H3. The third-order valence-electron chi connectivity index (χ3n) is 2.15. The molecule has 0 nitrogen and oxygen atoms in total. The van der Waals surface area contributed by atoms with Crippen LogP contribution < -0.4 is 5.19 Å². The van der Waals surface area contributed by atoms with Crippen molar-refractivity contribution in [2.75, 3.05) is 0 Å². The molecule has 1 aromatic carbocycles. The summed E-state index contributed by atoms with van der Waals surface area (Å²) >= 11 is 5.82. The van der Waals surface area contributed by atoms with E-state index in [-0.39, 0.29) is 0 Å². The number of alkyl halides is 1. The van der Waals surface area contributed by atoms with E-state index in [0.717, 1.165) is 21.4 Å². The predicted molar refractivity (Wildman–Crippen MR) is 65.8 cm³/mol. The van der Waals surface area contributed by atoms with Crippen LogP contribution in [0.2, 0.25) is 0 Å². The molecule has 0 fully saturated rings. The van der Waals surface area contributed by atoms with Gasteiger partial charge in [0, 0.05) is 16.1 Å². The summed E-state index contributed by atoms with van der Waals surface area (Å²) in [5, 5.41) is 1.35. The van der Waals surface area contributed by atoms with Crippen molar-refractivity contribution < 1.29 is 0 Å². The summed E-state index contributed by atoms with van der Waals surface area (Å²) in [5.74, 6) is 0.532. The minimum absolute atomic E-state index is 0.532. The van der Waals surface area contributed by atoms with Crippen molar-refractivity contribution in [1.29, 1.82) is 0 Å².